The molecule has 1 aromatic rings. The first-order valence-electron chi connectivity index (χ1n) is 4.71. The van der Waals surface area contributed by atoms with Crippen molar-refractivity contribution in [3.05, 3.63) is 28.8 Å². The van der Waals surface area contributed by atoms with Gasteiger partial charge in [-0.15, -0.1) is 0 Å². The molecule has 0 aliphatic heterocycles. The maximum absolute atomic E-state index is 10.8. The van der Waals surface area contributed by atoms with Crippen LogP contribution in [-0.2, 0) is 24.4 Å². The molecule has 2 N–H and O–H groups in total. The van der Waals surface area contributed by atoms with Gasteiger partial charge in [-0.25, -0.2) is 0 Å². The molecule has 0 aliphatic rings. The van der Waals surface area contributed by atoms with E-state index in [1.54, 1.807) is 12.1 Å². The Hall–Kier alpha value is -1.10. The van der Waals surface area contributed by atoms with Crippen LogP contribution in [0.1, 0.15) is 16.7 Å². The minimum absolute atomic E-state index is 0.0661. The van der Waals surface area contributed by atoms with Crippen molar-refractivity contribution in [3.8, 4) is 5.75 Å². The second kappa shape index (κ2) is 5.84. The second-order valence-corrected chi connectivity index (χ2v) is 3.71. The van der Waals surface area contributed by atoms with Gasteiger partial charge in [0.25, 0.3) is 0 Å². The van der Waals surface area contributed by atoms with Crippen LogP contribution in [0.4, 0.5) is 0 Å². The van der Waals surface area contributed by atoms with E-state index in [9.17, 15) is 4.79 Å². The van der Waals surface area contributed by atoms with E-state index in [2.05, 4.69) is 0 Å². The Balaban J connectivity index is 3.20. The highest BCUT2D eigenvalue weighted by Crippen LogP contribution is 2.25. The number of halogens is 1. The summed E-state index contributed by atoms with van der Waals surface area (Å²) in [5, 5.41) is 17.8. The van der Waals surface area contributed by atoms with Gasteiger partial charge in [-0.2, -0.15) is 0 Å². The number of hydrogen-bond donors (Lipinski definition) is 2. The van der Waals surface area contributed by atoms with Crippen LogP contribution in [0.15, 0.2) is 12.1 Å². The Morgan fingerprint density at radius 3 is 2.50 bits per heavy atom. The van der Waals surface area contributed by atoms with Crippen LogP contribution in [-0.4, -0.2) is 22.6 Å². The van der Waals surface area contributed by atoms with Crippen LogP contribution >= 0.6 is 11.6 Å². The predicted octanol–water partition coefficient (Wildman–Crippen LogP) is 0.988. The third kappa shape index (κ3) is 2.95. The monoisotopic (exact) mass is 244 g/mol. The topological polar surface area (TPSA) is 66.8 Å². The summed E-state index contributed by atoms with van der Waals surface area (Å²) in [5.41, 5.74) is 1.71. The van der Waals surface area contributed by atoms with Crippen LogP contribution in [0.25, 0.3) is 0 Å². The van der Waals surface area contributed by atoms with Crippen molar-refractivity contribution in [3.63, 3.8) is 0 Å². The summed E-state index contributed by atoms with van der Waals surface area (Å²) in [6.45, 7) is -0.454. The van der Waals surface area contributed by atoms with Crippen molar-refractivity contribution in [1.29, 1.82) is 0 Å². The number of carbonyl (C=O) groups is 1. The van der Waals surface area contributed by atoms with Gasteiger partial charge >= 0.3 is 0 Å². The standard InChI is InChI=1S/C11H13ClO4/c1-16-10-3-7(4-11(12)15)2-8(5-13)9(10)6-14/h2-3,13-14H,4-6H2,1H3. The molecule has 0 aromatic heterocycles. The number of rotatable bonds is 5. The van der Waals surface area contributed by atoms with Crippen molar-refractivity contribution in [2.45, 2.75) is 19.6 Å². The smallest absolute Gasteiger partial charge is 0.226 e. The van der Waals surface area contributed by atoms with E-state index >= 15 is 0 Å². The lowest BCUT2D eigenvalue weighted by atomic mass is 10.0. The number of aliphatic hydroxyl groups excluding tert-OH is 2. The zero-order valence-corrected chi connectivity index (χ0v) is 9.62. The molecule has 0 atom stereocenters. The lowest BCUT2D eigenvalue weighted by molar-refractivity contribution is -0.111. The summed E-state index contributed by atoms with van der Waals surface area (Å²) in [4.78, 5) is 10.8. The molecule has 0 saturated carbocycles. The average Bonchev–Trinajstić information content (AvgIpc) is 2.26. The number of ether oxygens (including phenoxy) is 1. The summed E-state index contributed by atoms with van der Waals surface area (Å²) < 4.78 is 5.08. The van der Waals surface area contributed by atoms with Gasteiger partial charge in [0.05, 0.1) is 20.3 Å². The lowest BCUT2D eigenvalue weighted by Gasteiger charge is -2.12. The first-order chi connectivity index (χ1) is 7.62. The maximum Gasteiger partial charge on any atom is 0.226 e. The van der Waals surface area contributed by atoms with Crippen molar-refractivity contribution in [2.75, 3.05) is 7.11 Å². The van der Waals surface area contributed by atoms with Crippen LogP contribution < -0.4 is 4.74 Å². The molecule has 5 heteroatoms. The SMILES string of the molecule is COc1cc(CC(=O)Cl)cc(CO)c1CO. The number of aliphatic hydroxyl groups is 2. The normalized spacial score (nSPS) is 10.2. The van der Waals surface area contributed by atoms with Crippen molar-refractivity contribution in [1.82, 2.24) is 0 Å². The van der Waals surface area contributed by atoms with E-state index in [4.69, 9.17) is 26.6 Å². The van der Waals surface area contributed by atoms with Gasteiger partial charge in [-0.1, -0.05) is 6.07 Å². The Morgan fingerprint density at radius 1 is 1.38 bits per heavy atom. The first-order valence-corrected chi connectivity index (χ1v) is 5.08. The molecular weight excluding hydrogens is 232 g/mol. The summed E-state index contributed by atoms with van der Waals surface area (Å²) in [5.74, 6) is 0.446. The van der Waals surface area contributed by atoms with Crippen LogP contribution in [0.2, 0.25) is 0 Å². The molecule has 4 nitrogen and oxygen atoms in total. The minimum Gasteiger partial charge on any atom is -0.496 e. The fraction of sp³-hybridized carbons (Fsp3) is 0.364. The number of hydrogen-bond acceptors (Lipinski definition) is 4. The highest BCUT2D eigenvalue weighted by molar-refractivity contribution is 6.63. The highest BCUT2D eigenvalue weighted by atomic mass is 35.5. The fourth-order valence-electron chi connectivity index (χ4n) is 1.53. The molecule has 0 saturated heterocycles. The molecule has 0 radical (unpaired) electrons. The van der Waals surface area contributed by atoms with Crippen molar-refractivity contribution < 1.29 is 19.7 Å². The number of benzene rings is 1. The van der Waals surface area contributed by atoms with Crippen LogP contribution in [0.3, 0.4) is 0 Å². The fourth-order valence-corrected chi connectivity index (χ4v) is 1.69. The first kappa shape index (κ1) is 13.0. The highest BCUT2D eigenvalue weighted by Gasteiger charge is 2.11. The zero-order chi connectivity index (χ0) is 12.1. The summed E-state index contributed by atoms with van der Waals surface area (Å²) in [6.07, 6.45) is 0.0661. The van der Waals surface area contributed by atoms with Gasteiger partial charge in [0, 0.05) is 12.0 Å². The Bertz CT molecular complexity index is 365. The molecule has 88 valence electrons. The van der Waals surface area contributed by atoms with Gasteiger partial charge in [-0.3, -0.25) is 4.79 Å². The molecular formula is C11H13ClO4. The summed E-state index contributed by atoms with van der Waals surface area (Å²) in [6, 6.07) is 3.26. The molecule has 1 aromatic carbocycles. The summed E-state index contributed by atoms with van der Waals surface area (Å²) in [7, 11) is 1.46. The Morgan fingerprint density at radius 2 is 2.06 bits per heavy atom. The molecule has 1 rings (SSSR count). The molecule has 0 heterocycles. The van der Waals surface area contributed by atoms with E-state index in [1.807, 2.05) is 0 Å². The van der Waals surface area contributed by atoms with Gasteiger partial charge in [-0.05, 0) is 28.8 Å². The Kier molecular flexibility index (Phi) is 4.73. The van der Waals surface area contributed by atoms with Crippen molar-refractivity contribution >= 4 is 16.8 Å². The molecule has 0 fully saturated rings. The molecule has 0 spiro atoms. The van der Waals surface area contributed by atoms with Gasteiger partial charge in [0.15, 0.2) is 0 Å². The maximum atomic E-state index is 10.8. The van der Waals surface area contributed by atoms with Gasteiger partial charge in [0.2, 0.25) is 5.24 Å². The lowest BCUT2D eigenvalue weighted by Crippen LogP contribution is -2.02. The van der Waals surface area contributed by atoms with Crippen molar-refractivity contribution in [2.24, 2.45) is 0 Å². The molecule has 0 amide bonds. The van der Waals surface area contributed by atoms with Crippen LogP contribution in [0.5, 0.6) is 5.75 Å². The summed E-state index contributed by atoms with van der Waals surface area (Å²) >= 11 is 5.29. The second-order valence-electron chi connectivity index (χ2n) is 3.28. The van der Waals surface area contributed by atoms with E-state index in [0.29, 0.717) is 22.4 Å². The largest absolute Gasteiger partial charge is 0.496 e. The van der Waals surface area contributed by atoms with E-state index in [1.165, 1.54) is 7.11 Å². The van der Waals surface area contributed by atoms with E-state index in [0.717, 1.165) is 0 Å². The van der Waals surface area contributed by atoms with E-state index < -0.39 is 5.24 Å². The predicted molar refractivity (Wildman–Crippen MR) is 59.4 cm³/mol. The van der Waals surface area contributed by atoms with Gasteiger partial charge in [0.1, 0.15) is 5.75 Å². The van der Waals surface area contributed by atoms with Gasteiger partial charge < -0.3 is 14.9 Å². The Labute approximate surface area is 98.4 Å². The molecule has 16 heavy (non-hydrogen) atoms. The third-order valence-corrected chi connectivity index (χ3v) is 2.39. The quantitative estimate of drug-likeness (QED) is 0.758. The minimum atomic E-state index is -0.484. The number of methoxy groups -OCH3 is 1. The molecule has 0 bridgehead atoms. The number of carbonyl (C=O) groups excluding carboxylic acids is 1. The van der Waals surface area contributed by atoms with Crippen LogP contribution in [0, 0.1) is 0 Å². The molecule has 0 aliphatic carbocycles. The average molecular weight is 245 g/mol. The van der Waals surface area contributed by atoms with E-state index in [-0.39, 0.29) is 19.6 Å². The third-order valence-electron chi connectivity index (χ3n) is 2.25. The zero-order valence-electron chi connectivity index (χ0n) is 8.86. The molecule has 0 unspecified atom stereocenters.